The van der Waals surface area contributed by atoms with Gasteiger partial charge < -0.3 is 10.4 Å². The van der Waals surface area contributed by atoms with E-state index in [4.69, 9.17) is 0 Å². The molecule has 1 amide bonds. The summed E-state index contributed by atoms with van der Waals surface area (Å²) in [6, 6.07) is 13.5. The fourth-order valence-electron chi connectivity index (χ4n) is 2.63. The maximum absolute atomic E-state index is 12.0. The number of nitrogens with one attached hydrogen (secondary N) is 1. The van der Waals surface area contributed by atoms with Crippen molar-refractivity contribution in [3.63, 3.8) is 0 Å². The molecule has 0 aliphatic carbocycles. The number of hydrogen-bond donors (Lipinski definition) is 2. The molecule has 1 unspecified atom stereocenters. The van der Waals surface area contributed by atoms with Crippen LogP contribution in [-0.4, -0.2) is 11.0 Å². The highest BCUT2D eigenvalue weighted by Crippen LogP contribution is 2.39. The Morgan fingerprint density at radius 2 is 1.86 bits per heavy atom. The molecule has 2 aromatic rings. The SMILES string of the molecule is CC1(C)C(=O)Nc2ccc(C(O)c3cccc(I)c3)cc21. The highest BCUT2D eigenvalue weighted by atomic mass is 127. The molecule has 21 heavy (non-hydrogen) atoms. The van der Waals surface area contributed by atoms with Gasteiger partial charge in [-0.2, -0.15) is 0 Å². The summed E-state index contributed by atoms with van der Waals surface area (Å²) in [6.07, 6.45) is -0.684. The molecule has 1 aliphatic heterocycles. The Bertz CT molecular complexity index is 724. The maximum Gasteiger partial charge on any atom is 0.234 e. The average molecular weight is 393 g/mol. The molecule has 3 rings (SSSR count). The first kappa shape index (κ1) is 14.5. The predicted octanol–water partition coefficient (Wildman–Crippen LogP) is 3.60. The Morgan fingerprint density at radius 1 is 1.14 bits per heavy atom. The van der Waals surface area contributed by atoms with Gasteiger partial charge in [0.2, 0.25) is 5.91 Å². The quantitative estimate of drug-likeness (QED) is 0.767. The van der Waals surface area contributed by atoms with Crippen LogP contribution in [0.2, 0.25) is 0 Å². The van der Waals surface area contributed by atoms with Gasteiger partial charge in [0.05, 0.1) is 5.41 Å². The van der Waals surface area contributed by atoms with Crippen molar-refractivity contribution < 1.29 is 9.90 Å². The number of hydrogen-bond acceptors (Lipinski definition) is 2. The van der Waals surface area contributed by atoms with Gasteiger partial charge in [0.25, 0.3) is 0 Å². The monoisotopic (exact) mass is 393 g/mol. The van der Waals surface area contributed by atoms with E-state index in [0.29, 0.717) is 0 Å². The lowest BCUT2D eigenvalue weighted by Gasteiger charge is -2.18. The van der Waals surface area contributed by atoms with E-state index in [1.54, 1.807) is 0 Å². The molecule has 0 aromatic heterocycles. The van der Waals surface area contributed by atoms with Gasteiger partial charge in [-0.05, 0) is 77.4 Å². The predicted molar refractivity (Wildman–Crippen MR) is 91.3 cm³/mol. The highest BCUT2D eigenvalue weighted by molar-refractivity contribution is 14.1. The van der Waals surface area contributed by atoms with Crippen molar-refractivity contribution in [3.05, 3.63) is 62.7 Å². The van der Waals surface area contributed by atoms with Crippen molar-refractivity contribution in [3.8, 4) is 0 Å². The molecule has 2 N–H and O–H groups in total. The summed E-state index contributed by atoms with van der Waals surface area (Å²) < 4.78 is 1.09. The Labute approximate surface area is 137 Å². The average Bonchev–Trinajstić information content (AvgIpc) is 2.68. The van der Waals surface area contributed by atoms with E-state index in [9.17, 15) is 9.90 Å². The second kappa shape index (κ2) is 5.10. The van der Waals surface area contributed by atoms with E-state index in [0.717, 1.165) is 25.9 Å². The van der Waals surface area contributed by atoms with E-state index in [1.807, 2.05) is 56.3 Å². The third-order valence-corrected chi connectivity index (χ3v) is 4.68. The Morgan fingerprint density at radius 3 is 2.57 bits per heavy atom. The van der Waals surface area contributed by atoms with Gasteiger partial charge in [-0.1, -0.05) is 18.2 Å². The number of fused-ring (bicyclic) bond motifs is 1. The number of aliphatic hydroxyl groups is 1. The van der Waals surface area contributed by atoms with Gasteiger partial charge in [-0.3, -0.25) is 4.79 Å². The summed E-state index contributed by atoms with van der Waals surface area (Å²) in [4.78, 5) is 12.0. The number of amides is 1. The Balaban J connectivity index is 2.02. The molecule has 0 bridgehead atoms. The standard InChI is InChI=1S/C17H16INO2/c1-17(2)13-9-11(6-7-14(13)19-16(17)21)15(20)10-4-3-5-12(18)8-10/h3-9,15,20H,1-2H3,(H,19,21). The van der Waals surface area contributed by atoms with E-state index >= 15 is 0 Å². The molecule has 2 aromatic carbocycles. The summed E-state index contributed by atoms with van der Waals surface area (Å²) in [7, 11) is 0. The number of carbonyl (C=O) groups excluding carboxylic acids is 1. The van der Waals surface area contributed by atoms with E-state index in [-0.39, 0.29) is 5.91 Å². The summed E-state index contributed by atoms with van der Waals surface area (Å²) in [5, 5.41) is 13.5. The zero-order chi connectivity index (χ0) is 15.2. The fourth-order valence-corrected chi connectivity index (χ4v) is 3.20. The van der Waals surface area contributed by atoms with Crippen LogP contribution in [0.4, 0.5) is 5.69 Å². The Kier molecular flexibility index (Phi) is 3.53. The van der Waals surface area contributed by atoms with Crippen molar-refractivity contribution in [1.82, 2.24) is 0 Å². The minimum Gasteiger partial charge on any atom is -0.384 e. The topological polar surface area (TPSA) is 49.3 Å². The summed E-state index contributed by atoms with van der Waals surface area (Å²) >= 11 is 2.23. The number of anilines is 1. The van der Waals surface area contributed by atoms with Crippen molar-refractivity contribution in [1.29, 1.82) is 0 Å². The number of benzene rings is 2. The number of halogens is 1. The van der Waals surface area contributed by atoms with Crippen molar-refractivity contribution >= 4 is 34.2 Å². The first-order chi connectivity index (χ1) is 9.89. The third-order valence-electron chi connectivity index (χ3n) is 4.01. The van der Waals surface area contributed by atoms with E-state index in [2.05, 4.69) is 27.9 Å². The van der Waals surface area contributed by atoms with Crippen LogP contribution < -0.4 is 5.32 Å². The number of rotatable bonds is 2. The molecule has 0 spiro atoms. The smallest absolute Gasteiger partial charge is 0.234 e. The molecule has 1 atom stereocenters. The zero-order valence-electron chi connectivity index (χ0n) is 11.9. The number of aliphatic hydroxyl groups excluding tert-OH is 1. The molecule has 1 aliphatic rings. The summed E-state index contributed by atoms with van der Waals surface area (Å²) in [5.41, 5.74) is 2.88. The van der Waals surface area contributed by atoms with E-state index in [1.165, 1.54) is 0 Å². The Hall–Kier alpha value is -1.40. The fraction of sp³-hybridized carbons (Fsp3) is 0.235. The first-order valence-corrected chi connectivity index (χ1v) is 7.87. The van der Waals surface area contributed by atoms with Crippen molar-refractivity contribution in [2.75, 3.05) is 5.32 Å². The van der Waals surface area contributed by atoms with Crippen LogP contribution in [0.3, 0.4) is 0 Å². The number of carbonyl (C=O) groups is 1. The zero-order valence-corrected chi connectivity index (χ0v) is 14.0. The van der Waals surface area contributed by atoms with Gasteiger partial charge >= 0.3 is 0 Å². The lowest BCUT2D eigenvalue weighted by atomic mass is 9.84. The molecule has 0 radical (unpaired) electrons. The molecule has 108 valence electrons. The second-order valence-electron chi connectivity index (χ2n) is 5.84. The van der Waals surface area contributed by atoms with Crippen LogP contribution in [0.5, 0.6) is 0 Å². The molecule has 4 heteroatoms. The van der Waals surface area contributed by atoms with Gasteiger partial charge in [-0.15, -0.1) is 0 Å². The second-order valence-corrected chi connectivity index (χ2v) is 7.09. The lowest BCUT2D eigenvalue weighted by Crippen LogP contribution is -2.26. The van der Waals surface area contributed by atoms with Crippen molar-refractivity contribution in [2.24, 2.45) is 0 Å². The van der Waals surface area contributed by atoms with Crippen LogP contribution >= 0.6 is 22.6 Å². The van der Waals surface area contributed by atoms with Crippen molar-refractivity contribution in [2.45, 2.75) is 25.4 Å². The molecule has 1 heterocycles. The normalized spacial score (nSPS) is 17.2. The van der Waals surface area contributed by atoms with Crippen LogP contribution in [0, 0.1) is 3.57 Å². The van der Waals surface area contributed by atoms with Crippen LogP contribution in [0.15, 0.2) is 42.5 Å². The molecular formula is C17H16INO2. The van der Waals surface area contributed by atoms with Gasteiger partial charge in [0.1, 0.15) is 6.10 Å². The van der Waals surface area contributed by atoms with Gasteiger partial charge in [0, 0.05) is 9.26 Å². The summed E-state index contributed by atoms with van der Waals surface area (Å²) in [6.45, 7) is 3.80. The largest absolute Gasteiger partial charge is 0.384 e. The third kappa shape index (κ3) is 2.46. The lowest BCUT2D eigenvalue weighted by molar-refractivity contribution is -0.119. The van der Waals surface area contributed by atoms with Crippen LogP contribution in [0.25, 0.3) is 0 Å². The van der Waals surface area contributed by atoms with Gasteiger partial charge in [0.15, 0.2) is 0 Å². The van der Waals surface area contributed by atoms with Crippen LogP contribution in [0.1, 0.15) is 36.6 Å². The molecule has 0 saturated heterocycles. The highest BCUT2D eigenvalue weighted by Gasteiger charge is 2.38. The first-order valence-electron chi connectivity index (χ1n) is 6.79. The molecule has 0 fully saturated rings. The van der Waals surface area contributed by atoms with E-state index < -0.39 is 11.5 Å². The van der Waals surface area contributed by atoms with Gasteiger partial charge in [-0.25, -0.2) is 0 Å². The minimum absolute atomic E-state index is 0.00148. The molecule has 0 saturated carbocycles. The summed E-state index contributed by atoms with van der Waals surface area (Å²) in [5.74, 6) is -0.00148. The molecular weight excluding hydrogens is 377 g/mol. The minimum atomic E-state index is -0.684. The molecule has 3 nitrogen and oxygen atoms in total. The van der Waals surface area contributed by atoms with Crippen LogP contribution in [-0.2, 0) is 10.2 Å². The maximum atomic E-state index is 12.0.